The van der Waals surface area contributed by atoms with Crippen LogP contribution in [0.1, 0.15) is 37.4 Å². The van der Waals surface area contributed by atoms with E-state index in [-0.39, 0.29) is 0 Å². The SMILES string of the molecule is COC1(c2noc(CCC3CCNC3)n2)CCOCC1. The van der Waals surface area contributed by atoms with Crippen LogP contribution in [0.15, 0.2) is 4.52 Å². The second kappa shape index (κ2) is 6.20. The average Bonchev–Trinajstić information content (AvgIpc) is 3.17. The first-order valence-corrected chi connectivity index (χ1v) is 7.49. The molecule has 0 saturated carbocycles. The maximum atomic E-state index is 5.68. The third-order valence-electron chi connectivity index (χ3n) is 4.50. The molecule has 20 heavy (non-hydrogen) atoms. The summed E-state index contributed by atoms with van der Waals surface area (Å²) in [6.45, 7) is 3.61. The lowest BCUT2D eigenvalue weighted by Crippen LogP contribution is -2.36. The van der Waals surface area contributed by atoms with Gasteiger partial charge in [-0.15, -0.1) is 0 Å². The van der Waals surface area contributed by atoms with Gasteiger partial charge in [0, 0.05) is 39.6 Å². The topological polar surface area (TPSA) is 69.4 Å². The van der Waals surface area contributed by atoms with Gasteiger partial charge in [0.1, 0.15) is 5.60 Å². The molecule has 3 heterocycles. The van der Waals surface area contributed by atoms with Gasteiger partial charge >= 0.3 is 0 Å². The van der Waals surface area contributed by atoms with Gasteiger partial charge in [-0.2, -0.15) is 4.98 Å². The average molecular weight is 281 g/mol. The number of methoxy groups -OCH3 is 1. The van der Waals surface area contributed by atoms with Crippen LogP contribution in [-0.2, 0) is 21.5 Å². The molecule has 2 fully saturated rings. The highest BCUT2D eigenvalue weighted by atomic mass is 16.5. The number of nitrogens with zero attached hydrogens (tertiary/aromatic N) is 2. The van der Waals surface area contributed by atoms with Gasteiger partial charge in [-0.25, -0.2) is 0 Å². The minimum atomic E-state index is -0.422. The van der Waals surface area contributed by atoms with Crippen molar-refractivity contribution in [3.8, 4) is 0 Å². The minimum Gasteiger partial charge on any atom is -0.381 e. The molecule has 2 aliphatic heterocycles. The van der Waals surface area contributed by atoms with E-state index in [1.54, 1.807) is 7.11 Å². The quantitative estimate of drug-likeness (QED) is 0.876. The minimum absolute atomic E-state index is 0.422. The van der Waals surface area contributed by atoms with Crippen LogP contribution in [0.25, 0.3) is 0 Å². The Kier molecular flexibility index (Phi) is 4.33. The molecule has 0 aliphatic carbocycles. The first kappa shape index (κ1) is 14.0. The van der Waals surface area contributed by atoms with Gasteiger partial charge in [0.15, 0.2) is 0 Å². The van der Waals surface area contributed by atoms with Crippen molar-refractivity contribution >= 4 is 0 Å². The molecule has 0 radical (unpaired) electrons. The first-order chi connectivity index (χ1) is 9.82. The van der Waals surface area contributed by atoms with Crippen LogP contribution in [-0.4, -0.2) is 43.6 Å². The highest BCUT2D eigenvalue weighted by molar-refractivity contribution is 5.03. The van der Waals surface area contributed by atoms with Gasteiger partial charge in [-0.05, 0) is 31.8 Å². The van der Waals surface area contributed by atoms with Crippen LogP contribution in [0.4, 0.5) is 0 Å². The maximum Gasteiger partial charge on any atom is 0.226 e. The molecule has 0 spiro atoms. The fraction of sp³-hybridized carbons (Fsp3) is 0.857. The van der Waals surface area contributed by atoms with Gasteiger partial charge in [0.2, 0.25) is 11.7 Å². The summed E-state index contributed by atoms with van der Waals surface area (Å²) >= 11 is 0. The third kappa shape index (κ3) is 2.87. The molecule has 1 aromatic heterocycles. The Hall–Kier alpha value is -0.980. The molecule has 6 nitrogen and oxygen atoms in total. The van der Waals surface area contributed by atoms with Crippen LogP contribution in [0.3, 0.4) is 0 Å². The Morgan fingerprint density at radius 2 is 2.25 bits per heavy atom. The Balaban J connectivity index is 1.62. The molecule has 0 aromatic carbocycles. The van der Waals surface area contributed by atoms with Crippen molar-refractivity contribution in [3.05, 3.63) is 11.7 Å². The van der Waals surface area contributed by atoms with E-state index in [2.05, 4.69) is 15.5 Å². The van der Waals surface area contributed by atoms with Crippen molar-refractivity contribution in [2.45, 2.75) is 37.7 Å². The van der Waals surface area contributed by atoms with Crippen LogP contribution in [0.5, 0.6) is 0 Å². The van der Waals surface area contributed by atoms with Gasteiger partial charge in [-0.3, -0.25) is 0 Å². The van der Waals surface area contributed by atoms with Gasteiger partial charge in [-0.1, -0.05) is 5.16 Å². The standard InChI is InChI=1S/C14H23N3O3/c1-18-14(5-8-19-9-6-14)13-16-12(20-17-13)3-2-11-4-7-15-10-11/h11,15H,2-10H2,1H3. The Morgan fingerprint density at radius 3 is 2.95 bits per heavy atom. The van der Waals surface area contributed by atoms with E-state index in [4.69, 9.17) is 14.0 Å². The normalized spacial score (nSPS) is 25.9. The molecule has 1 aromatic rings. The van der Waals surface area contributed by atoms with Crippen molar-refractivity contribution < 1.29 is 14.0 Å². The summed E-state index contributed by atoms with van der Waals surface area (Å²) in [7, 11) is 1.71. The van der Waals surface area contributed by atoms with E-state index < -0.39 is 5.60 Å². The molecule has 0 amide bonds. The predicted octanol–water partition coefficient (Wildman–Crippen LogP) is 1.26. The molecule has 3 rings (SSSR count). The number of hydrogen-bond acceptors (Lipinski definition) is 6. The van der Waals surface area contributed by atoms with Gasteiger partial charge in [0.05, 0.1) is 0 Å². The molecule has 0 bridgehead atoms. The first-order valence-electron chi connectivity index (χ1n) is 7.49. The molecule has 6 heteroatoms. The number of ether oxygens (including phenoxy) is 2. The van der Waals surface area contributed by atoms with Gasteiger partial charge < -0.3 is 19.3 Å². The predicted molar refractivity (Wildman–Crippen MR) is 72.3 cm³/mol. The lowest BCUT2D eigenvalue weighted by atomic mass is 9.93. The molecule has 1 unspecified atom stereocenters. The van der Waals surface area contributed by atoms with E-state index in [9.17, 15) is 0 Å². The summed E-state index contributed by atoms with van der Waals surface area (Å²) in [4.78, 5) is 4.56. The molecule has 2 aliphatic rings. The fourth-order valence-electron chi connectivity index (χ4n) is 3.05. The van der Waals surface area contributed by atoms with E-state index in [1.807, 2.05) is 0 Å². The molecule has 2 saturated heterocycles. The monoisotopic (exact) mass is 281 g/mol. The summed E-state index contributed by atoms with van der Waals surface area (Å²) in [5, 5.41) is 7.53. The molecular formula is C14H23N3O3. The van der Waals surface area contributed by atoms with Crippen LogP contribution < -0.4 is 5.32 Å². The summed E-state index contributed by atoms with van der Waals surface area (Å²) in [5.74, 6) is 2.16. The third-order valence-corrected chi connectivity index (χ3v) is 4.50. The molecule has 112 valence electrons. The van der Waals surface area contributed by atoms with Gasteiger partial charge in [0.25, 0.3) is 0 Å². The highest BCUT2D eigenvalue weighted by Crippen LogP contribution is 2.33. The summed E-state index contributed by atoms with van der Waals surface area (Å²) in [6.07, 6.45) is 4.79. The second-order valence-corrected chi connectivity index (χ2v) is 5.72. The Bertz CT molecular complexity index is 423. The van der Waals surface area contributed by atoms with E-state index in [1.165, 1.54) is 6.42 Å². The Morgan fingerprint density at radius 1 is 1.40 bits per heavy atom. The van der Waals surface area contributed by atoms with Crippen molar-refractivity contribution in [3.63, 3.8) is 0 Å². The summed E-state index contributed by atoms with van der Waals surface area (Å²) in [6, 6.07) is 0. The summed E-state index contributed by atoms with van der Waals surface area (Å²) in [5.41, 5.74) is -0.422. The number of rotatable bonds is 5. The summed E-state index contributed by atoms with van der Waals surface area (Å²) < 4.78 is 16.5. The Labute approximate surface area is 119 Å². The second-order valence-electron chi connectivity index (χ2n) is 5.72. The zero-order chi connectivity index (χ0) is 13.8. The van der Waals surface area contributed by atoms with Crippen LogP contribution in [0, 0.1) is 5.92 Å². The smallest absolute Gasteiger partial charge is 0.226 e. The van der Waals surface area contributed by atoms with Crippen molar-refractivity contribution in [2.75, 3.05) is 33.4 Å². The molecule has 1 N–H and O–H groups in total. The largest absolute Gasteiger partial charge is 0.381 e. The number of aromatic nitrogens is 2. The zero-order valence-electron chi connectivity index (χ0n) is 12.1. The number of hydrogen-bond donors (Lipinski definition) is 1. The van der Waals surface area contributed by atoms with E-state index in [0.717, 1.165) is 50.6 Å². The fourth-order valence-corrected chi connectivity index (χ4v) is 3.05. The number of aryl methyl sites for hydroxylation is 1. The van der Waals surface area contributed by atoms with Crippen molar-refractivity contribution in [1.82, 2.24) is 15.5 Å². The lowest BCUT2D eigenvalue weighted by molar-refractivity contribution is -0.101. The van der Waals surface area contributed by atoms with Crippen LogP contribution in [0.2, 0.25) is 0 Å². The van der Waals surface area contributed by atoms with Crippen LogP contribution >= 0.6 is 0 Å². The number of nitrogens with one attached hydrogen (secondary N) is 1. The maximum absolute atomic E-state index is 5.68. The van der Waals surface area contributed by atoms with E-state index >= 15 is 0 Å². The van der Waals surface area contributed by atoms with Crippen molar-refractivity contribution in [1.29, 1.82) is 0 Å². The lowest BCUT2D eigenvalue weighted by Gasteiger charge is -2.32. The highest BCUT2D eigenvalue weighted by Gasteiger charge is 2.39. The van der Waals surface area contributed by atoms with E-state index in [0.29, 0.717) is 19.0 Å². The zero-order valence-corrected chi connectivity index (χ0v) is 12.1. The van der Waals surface area contributed by atoms with Crippen molar-refractivity contribution in [2.24, 2.45) is 5.92 Å². The molecular weight excluding hydrogens is 258 g/mol. The molecule has 1 atom stereocenters.